The zero-order valence-electron chi connectivity index (χ0n) is 25.0. The number of carbonyl (C=O) groups excluding carboxylic acids is 2. The third-order valence-electron chi connectivity index (χ3n) is 6.75. The summed E-state index contributed by atoms with van der Waals surface area (Å²) >= 11 is 2.28. The molecule has 0 aliphatic heterocycles. The van der Waals surface area contributed by atoms with Gasteiger partial charge in [0, 0.05) is 0 Å². The van der Waals surface area contributed by atoms with Crippen LogP contribution in [0.1, 0.15) is 93.9 Å². The molecular weight excluding hydrogens is 595 g/mol. The number of hydrogen-bond donors (Lipinski definition) is 0. The molecule has 37 heavy (non-hydrogen) atoms. The van der Waals surface area contributed by atoms with Gasteiger partial charge in [0.1, 0.15) is 5.57 Å². The molecule has 0 N–H and O–H groups in total. The van der Waals surface area contributed by atoms with Gasteiger partial charge in [-0.2, -0.15) is 0 Å². The molecule has 0 saturated carbocycles. The van der Waals surface area contributed by atoms with Gasteiger partial charge in [0.25, 0.3) is 0 Å². The molecule has 0 aromatic heterocycles. The van der Waals surface area contributed by atoms with Gasteiger partial charge in [0.05, 0.1) is 18.8 Å². The van der Waals surface area contributed by atoms with Crippen LogP contribution in [0.4, 0.5) is 0 Å². The van der Waals surface area contributed by atoms with E-state index in [1.165, 1.54) is 11.1 Å². The van der Waals surface area contributed by atoms with Crippen LogP contribution in [-0.2, 0) is 23.5 Å². The van der Waals surface area contributed by atoms with Gasteiger partial charge in [-0.15, -0.1) is 0 Å². The molecule has 212 valence electrons. The third kappa shape index (κ3) is 14.5. The Hall–Kier alpha value is -1.19. The van der Waals surface area contributed by atoms with E-state index in [1.807, 2.05) is 0 Å². The maximum Gasteiger partial charge on any atom is 0.345 e. The molecular formula is C30H51IO5Si. The lowest BCUT2D eigenvalue weighted by Gasteiger charge is -2.43. The molecule has 0 bridgehead atoms. The second-order valence-corrected chi connectivity index (χ2v) is 16.7. The number of esters is 2. The number of halogens is 1. The van der Waals surface area contributed by atoms with Crippen LogP contribution in [0, 0.1) is 0 Å². The standard InChI is InChI=1S/C30H51IO5Si/c1-11-34-27(32)26(28(33)35-12-2)20-14-18-24(3)16-13-17-25(4)19-15-21-30(8,22-23-31)36-37(9,10)29(5,6)7/h16,19-20,22-23H,11-15,17-18,21H2,1-10H3/b23-22+,24-16+,25-19+. The SMILES string of the molecule is CCOC(=O)C(=CCC/C(C)=C/CC/C(C)=C/CCC(C)(/C=C/I)O[Si](C)(C)C(C)(C)C)C(=O)OCC. The summed E-state index contributed by atoms with van der Waals surface area (Å²) in [7, 11) is -1.87. The Bertz CT molecular complexity index is 829. The summed E-state index contributed by atoms with van der Waals surface area (Å²) < 4.78 is 18.8. The smallest absolute Gasteiger partial charge is 0.345 e. The number of rotatable bonds is 16. The summed E-state index contributed by atoms with van der Waals surface area (Å²) in [6.45, 7) is 21.8. The van der Waals surface area contributed by atoms with Gasteiger partial charge >= 0.3 is 11.9 Å². The molecule has 0 rings (SSSR count). The average Bonchev–Trinajstić information content (AvgIpc) is 2.75. The van der Waals surface area contributed by atoms with E-state index in [9.17, 15) is 9.59 Å². The largest absolute Gasteiger partial charge is 0.462 e. The lowest BCUT2D eigenvalue weighted by molar-refractivity contribution is -0.146. The molecule has 0 radical (unpaired) electrons. The van der Waals surface area contributed by atoms with Crippen LogP contribution in [0.15, 0.2) is 45.1 Å². The summed E-state index contributed by atoms with van der Waals surface area (Å²) in [6.07, 6.45) is 13.7. The Balaban J connectivity index is 4.90. The number of ether oxygens (including phenoxy) is 2. The van der Waals surface area contributed by atoms with Crippen molar-refractivity contribution in [1.29, 1.82) is 0 Å². The molecule has 0 saturated heterocycles. The van der Waals surface area contributed by atoms with Crippen molar-refractivity contribution in [1.82, 2.24) is 0 Å². The highest BCUT2D eigenvalue weighted by atomic mass is 127. The van der Waals surface area contributed by atoms with E-state index in [4.69, 9.17) is 13.9 Å². The van der Waals surface area contributed by atoms with Crippen molar-refractivity contribution in [3.05, 3.63) is 45.1 Å². The summed E-state index contributed by atoms with van der Waals surface area (Å²) in [5.41, 5.74) is 2.34. The van der Waals surface area contributed by atoms with E-state index in [0.717, 1.165) is 32.1 Å². The summed E-state index contributed by atoms with van der Waals surface area (Å²) in [6, 6.07) is 0. The molecule has 0 fully saturated rings. The summed E-state index contributed by atoms with van der Waals surface area (Å²) in [5, 5.41) is 0.179. The molecule has 1 atom stereocenters. The average molecular weight is 647 g/mol. The van der Waals surface area contributed by atoms with E-state index in [-0.39, 0.29) is 29.4 Å². The monoisotopic (exact) mass is 646 g/mol. The van der Waals surface area contributed by atoms with Crippen LogP contribution in [0.2, 0.25) is 18.1 Å². The fraction of sp³-hybridized carbons (Fsp3) is 0.667. The van der Waals surface area contributed by atoms with Gasteiger partial charge in [-0.3, -0.25) is 0 Å². The van der Waals surface area contributed by atoms with Gasteiger partial charge in [0.2, 0.25) is 0 Å². The number of carbonyl (C=O) groups is 2. The molecule has 0 aromatic rings. The highest BCUT2D eigenvalue weighted by Crippen LogP contribution is 2.40. The topological polar surface area (TPSA) is 61.8 Å². The third-order valence-corrected chi connectivity index (χ3v) is 11.7. The Morgan fingerprint density at radius 2 is 1.27 bits per heavy atom. The second-order valence-electron chi connectivity index (χ2n) is 11.2. The fourth-order valence-electron chi connectivity index (χ4n) is 3.51. The van der Waals surface area contributed by atoms with E-state index >= 15 is 0 Å². The zero-order chi connectivity index (χ0) is 28.7. The number of allylic oxidation sites excluding steroid dienone is 5. The van der Waals surface area contributed by atoms with E-state index < -0.39 is 20.3 Å². The minimum absolute atomic E-state index is 0.0165. The predicted molar refractivity (Wildman–Crippen MR) is 166 cm³/mol. The van der Waals surface area contributed by atoms with Crippen molar-refractivity contribution in [2.75, 3.05) is 13.2 Å². The lowest BCUT2D eigenvalue weighted by atomic mass is 9.99. The maximum atomic E-state index is 12.1. The first-order chi connectivity index (χ1) is 17.1. The van der Waals surface area contributed by atoms with Crippen molar-refractivity contribution < 1.29 is 23.5 Å². The summed E-state index contributed by atoms with van der Waals surface area (Å²) in [5.74, 6) is -1.24. The van der Waals surface area contributed by atoms with Crippen LogP contribution >= 0.6 is 22.6 Å². The molecule has 5 nitrogen and oxygen atoms in total. The normalized spacial score (nSPS) is 14.9. The highest BCUT2D eigenvalue weighted by molar-refractivity contribution is 14.1. The quantitative estimate of drug-likeness (QED) is 0.0319. The van der Waals surface area contributed by atoms with Crippen LogP contribution in [-0.4, -0.2) is 39.1 Å². The summed E-state index contributed by atoms with van der Waals surface area (Å²) in [4.78, 5) is 24.1. The zero-order valence-corrected chi connectivity index (χ0v) is 28.1. The molecule has 0 aliphatic carbocycles. The Kier molecular flexibility index (Phi) is 16.8. The molecule has 0 spiro atoms. The Morgan fingerprint density at radius 1 is 0.811 bits per heavy atom. The van der Waals surface area contributed by atoms with E-state index in [1.54, 1.807) is 19.9 Å². The predicted octanol–water partition coefficient (Wildman–Crippen LogP) is 9.00. The first-order valence-corrected chi connectivity index (χ1v) is 17.6. The van der Waals surface area contributed by atoms with Crippen molar-refractivity contribution in [2.45, 2.75) is 118 Å². The van der Waals surface area contributed by atoms with Crippen molar-refractivity contribution >= 4 is 42.8 Å². The van der Waals surface area contributed by atoms with Gasteiger partial charge in [0.15, 0.2) is 8.32 Å². The first-order valence-electron chi connectivity index (χ1n) is 13.5. The van der Waals surface area contributed by atoms with Crippen LogP contribution in [0.5, 0.6) is 0 Å². The van der Waals surface area contributed by atoms with Gasteiger partial charge in [-0.05, 0) is 101 Å². The van der Waals surface area contributed by atoms with Crippen LogP contribution in [0.3, 0.4) is 0 Å². The molecule has 1 unspecified atom stereocenters. The van der Waals surface area contributed by atoms with Crippen molar-refractivity contribution in [2.24, 2.45) is 0 Å². The van der Waals surface area contributed by atoms with Crippen LogP contribution in [0.25, 0.3) is 0 Å². The lowest BCUT2D eigenvalue weighted by Crippen LogP contribution is -2.47. The van der Waals surface area contributed by atoms with E-state index in [0.29, 0.717) is 6.42 Å². The highest BCUT2D eigenvalue weighted by Gasteiger charge is 2.41. The van der Waals surface area contributed by atoms with Gasteiger partial charge < -0.3 is 13.9 Å². The molecule has 0 heterocycles. The maximum absolute atomic E-state index is 12.1. The van der Waals surface area contributed by atoms with Crippen molar-refractivity contribution in [3.63, 3.8) is 0 Å². The minimum atomic E-state index is -1.87. The molecule has 0 amide bonds. The molecule has 0 aromatic carbocycles. The number of hydrogen-bond acceptors (Lipinski definition) is 5. The molecule has 0 aliphatic rings. The first kappa shape index (κ1) is 35.8. The minimum Gasteiger partial charge on any atom is -0.462 e. The van der Waals surface area contributed by atoms with Gasteiger partial charge in [-0.25, -0.2) is 9.59 Å². The van der Waals surface area contributed by atoms with Gasteiger partial charge in [-0.1, -0.05) is 72.7 Å². The fourth-order valence-corrected chi connectivity index (χ4v) is 5.91. The van der Waals surface area contributed by atoms with Crippen LogP contribution < -0.4 is 0 Å². The van der Waals surface area contributed by atoms with E-state index in [2.05, 4.69) is 99.5 Å². The van der Waals surface area contributed by atoms with Crippen molar-refractivity contribution in [3.8, 4) is 0 Å². The Labute approximate surface area is 241 Å². The second kappa shape index (κ2) is 17.4. The Morgan fingerprint density at radius 3 is 1.70 bits per heavy atom. The molecule has 7 heteroatoms.